The van der Waals surface area contributed by atoms with Crippen molar-refractivity contribution < 1.29 is 4.79 Å². The number of nitrogen functional groups attached to an aromatic ring is 1. The van der Waals surface area contributed by atoms with Crippen molar-refractivity contribution in [1.29, 1.82) is 0 Å². The topological polar surface area (TPSA) is 59.2 Å². The molecule has 80 valence electrons. The lowest BCUT2D eigenvalue weighted by atomic mass is 10.1. The SMILES string of the molecule is CC1=CCN(C(=O)c2csc(N)n2)CC1. The predicted molar refractivity (Wildman–Crippen MR) is 60.8 cm³/mol. The van der Waals surface area contributed by atoms with Crippen LogP contribution < -0.4 is 5.73 Å². The number of hydrogen-bond acceptors (Lipinski definition) is 4. The lowest BCUT2D eigenvalue weighted by Crippen LogP contribution is -2.34. The molecule has 2 heterocycles. The quantitative estimate of drug-likeness (QED) is 0.734. The molecular weight excluding hydrogens is 210 g/mol. The molecule has 15 heavy (non-hydrogen) atoms. The van der Waals surface area contributed by atoms with Crippen LogP contribution in [0.25, 0.3) is 0 Å². The molecule has 0 saturated heterocycles. The molecule has 0 atom stereocenters. The summed E-state index contributed by atoms with van der Waals surface area (Å²) in [4.78, 5) is 17.7. The van der Waals surface area contributed by atoms with Crippen molar-refractivity contribution in [3.05, 3.63) is 22.7 Å². The second-order valence-corrected chi connectivity index (χ2v) is 4.51. The van der Waals surface area contributed by atoms with E-state index in [0.717, 1.165) is 13.0 Å². The summed E-state index contributed by atoms with van der Waals surface area (Å²) in [7, 11) is 0. The number of amides is 1. The Morgan fingerprint density at radius 1 is 1.67 bits per heavy atom. The minimum atomic E-state index is -0.0216. The minimum Gasteiger partial charge on any atom is -0.375 e. The maximum atomic E-state index is 11.9. The molecule has 0 bridgehead atoms. The fourth-order valence-corrected chi connectivity index (χ4v) is 2.04. The lowest BCUT2D eigenvalue weighted by molar-refractivity contribution is 0.0764. The maximum Gasteiger partial charge on any atom is 0.273 e. The molecule has 0 saturated carbocycles. The number of nitrogens with two attached hydrogens (primary N) is 1. The molecule has 1 aliphatic heterocycles. The molecule has 1 amide bonds. The number of aromatic nitrogens is 1. The molecule has 0 radical (unpaired) electrons. The summed E-state index contributed by atoms with van der Waals surface area (Å²) in [6.07, 6.45) is 3.03. The highest BCUT2D eigenvalue weighted by atomic mass is 32.1. The third kappa shape index (κ3) is 2.18. The summed E-state index contributed by atoms with van der Waals surface area (Å²) >= 11 is 1.30. The van der Waals surface area contributed by atoms with Crippen LogP contribution >= 0.6 is 11.3 Å². The average Bonchev–Trinajstić information content (AvgIpc) is 2.65. The first-order valence-electron chi connectivity index (χ1n) is 4.83. The van der Waals surface area contributed by atoms with Gasteiger partial charge < -0.3 is 10.6 Å². The standard InChI is InChI=1S/C10H13N3OS/c1-7-2-4-13(5-3-7)9(14)8-6-15-10(11)12-8/h2,6H,3-5H2,1H3,(H2,11,12). The van der Waals surface area contributed by atoms with Crippen molar-refractivity contribution >= 4 is 22.4 Å². The van der Waals surface area contributed by atoms with Gasteiger partial charge in [-0.25, -0.2) is 4.98 Å². The van der Waals surface area contributed by atoms with E-state index in [2.05, 4.69) is 18.0 Å². The second kappa shape index (κ2) is 4.02. The summed E-state index contributed by atoms with van der Waals surface area (Å²) in [5, 5.41) is 2.16. The Morgan fingerprint density at radius 3 is 3.00 bits per heavy atom. The van der Waals surface area contributed by atoms with Crippen molar-refractivity contribution in [2.45, 2.75) is 13.3 Å². The molecule has 1 aromatic rings. The molecule has 0 unspecified atom stereocenters. The molecule has 5 heteroatoms. The molecule has 2 N–H and O–H groups in total. The molecule has 0 fully saturated rings. The van der Waals surface area contributed by atoms with E-state index in [9.17, 15) is 4.79 Å². The predicted octanol–water partition coefficient (Wildman–Crippen LogP) is 1.52. The highest BCUT2D eigenvalue weighted by Crippen LogP contribution is 2.16. The van der Waals surface area contributed by atoms with Gasteiger partial charge in [0.15, 0.2) is 5.13 Å². The summed E-state index contributed by atoms with van der Waals surface area (Å²) in [5.41, 5.74) is 7.30. The monoisotopic (exact) mass is 223 g/mol. The van der Waals surface area contributed by atoms with Gasteiger partial charge in [-0.3, -0.25) is 4.79 Å². The second-order valence-electron chi connectivity index (χ2n) is 3.62. The molecule has 0 spiro atoms. The lowest BCUT2D eigenvalue weighted by Gasteiger charge is -2.24. The highest BCUT2D eigenvalue weighted by Gasteiger charge is 2.19. The van der Waals surface area contributed by atoms with Gasteiger partial charge in [-0.2, -0.15) is 0 Å². The molecule has 2 rings (SSSR count). The van der Waals surface area contributed by atoms with E-state index in [0.29, 0.717) is 17.4 Å². The zero-order valence-corrected chi connectivity index (χ0v) is 9.38. The first kappa shape index (κ1) is 10.2. The largest absolute Gasteiger partial charge is 0.375 e. The third-order valence-corrected chi connectivity index (χ3v) is 3.14. The fraction of sp³-hybridized carbons (Fsp3) is 0.400. The van der Waals surface area contributed by atoms with E-state index in [1.165, 1.54) is 16.9 Å². The zero-order valence-electron chi connectivity index (χ0n) is 8.56. The highest BCUT2D eigenvalue weighted by molar-refractivity contribution is 7.13. The van der Waals surface area contributed by atoms with Crippen LogP contribution in [0, 0.1) is 0 Å². The molecule has 1 aromatic heterocycles. The number of nitrogens with zero attached hydrogens (tertiary/aromatic N) is 2. The third-order valence-electron chi connectivity index (χ3n) is 2.46. The summed E-state index contributed by atoms with van der Waals surface area (Å²) in [5.74, 6) is -0.0216. The molecule has 0 aliphatic carbocycles. The van der Waals surface area contributed by atoms with Gasteiger partial charge in [-0.15, -0.1) is 11.3 Å². The van der Waals surface area contributed by atoms with Gasteiger partial charge in [0.2, 0.25) is 0 Å². The molecular formula is C10H13N3OS. The number of carbonyl (C=O) groups is 1. The van der Waals surface area contributed by atoms with Gasteiger partial charge >= 0.3 is 0 Å². The number of thiazole rings is 1. The van der Waals surface area contributed by atoms with Crippen LogP contribution in [0.3, 0.4) is 0 Å². The van der Waals surface area contributed by atoms with Crippen molar-refractivity contribution in [2.24, 2.45) is 0 Å². The summed E-state index contributed by atoms with van der Waals surface area (Å²) < 4.78 is 0. The molecule has 1 aliphatic rings. The van der Waals surface area contributed by atoms with E-state index >= 15 is 0 Å². The van der Waals surface area contributed by atoms with E-state index in [1.807, 2.05) is 0 Å². The van der Waals surface area contributed by atoms with Gasteiger partial charge in [0.1, 0.15) is 5.69 Å². The van der Waals surface area contributed by atoms with E-state index in [-0.39, 0.29) is 5.91 Å². The fourth-order valence-electron chi connectivity index (χ4n) is 1.50. The van der Waals surface area contributed by atoms with Crippen LogP contribution in [0.4, 0.5) is 5.13 Å². The Balaban J connectivity index is 2.09. The van der Waals surface area contributed by atoms with Crippen LogP contribution in [-0.4, -0.2) is 28.9 Å². The van der Waals surface area contributed by atoms with Crippen molar-refractivity contribution in [2.75, 3.05) is 18.8 Å². The normalized spacial score (nSPS) is 16.3. The number of anilines is 1. The average molecular weight is 223 g/mol. The molecule has 4 nitrogen and oxygen atoms in total. The van der Waals surface area contributed by atoms with E-state index in [1.54, 1.807) is 10.3 Å². The van der Waals surface area contributed by atoms with Crippen LogP contribution in [0.15, 0.2) is 17.0 Å². The number of rotatable bonds is 1. The maximum absolute atomic E-state index is 11.9. The van der Waals surface area contributed by atoms with E-state index < -0.39 is 0 Å². The van der Waals surface area contributed by atoms with Crippen LogP contribution in [0.5, 0.6) is 0 Å². The van der Waals surface area contributed by atoms with E-state index in [4.69, 9.17) is 5.73 Å². The van der Waals surface area contributed by atoms with Crippen LogP contribution in [0.1, 0.15) is 23.8 Å². The van der Waals surface area contributed by atoms with Crippen molar-refractivity contribution in [3.63, 3.8) is 0 Å². The van der Waals surface area contributed by atoms with Gasteiger partial charge in [-0.05, 0) is 13.3 Å². The Hall–Kier alpha value is -1.36. The van der Waals surface area contributed by atoms with Gasteiger partial charge in [0.25, 0.3) is 5.91 Å². The minimum absolute atomic E-state index is 0.0216. The first-order chi connectivity index (χ1) is 7.16. The van der Waals surface area contributed by atoms with Crippen molar-refractivity contribution in [3.8, 4) is 0 Å². The summed E-state index contributed by atoms with van der Waals surface area (Å²) in [6.45, 7) is 3.54. The van der Waals surface area contributed by atoms with Crippen LogP contribution in [-0.2, 0) is 0 Å². The zero-order chi connectivity index (χ0) is 10.8. The Labute approximate surface area is 92.4 Å². The van der Waals surface area contributed by atoms with Gasteiger partial charge in [0, 0.05) is 18.5 Å². The molecule has 0 aromatic carbocycles. The smallest absolute Gasteiger partial charge is 0.273 e. The summed E-state index contributed by atoms with van der Waals surface area (Å²) in [6, 6.07) is 0. The van der Waals surface area contributed by atoms with Gasteiger partial charge in [0.05, 0.1) is 0 Å². The Morgan fingerprint density at radius 2 is 2.47 bits per heavy atom. The number of carbonyl (C=O) groups excluding carboxylic acids is 1. The van der Waals surface area contributed by atoms with Gasteiger partial charge in [-0.1, -0.05) is 11.6 Å². The number of hydrogen-bond donors (Lipinski definition) is 1. The van der Waals surface area contributed by atoms with Crippen LogP contribution in [0.2, 0.25) is 0 Å². The van der Waals surface area contributed by atoms with Crippen molar-refractivity contribution in [1.82, 2.24) is 9.88 Å². The Bertz CT molecular complexity index is 411. The Kier molecular flexibility index (Phi) is 2.73. The first-order valence-corrected chi connectivity index (χ1v) is 5.70.